The smallest absolute Gasteiger partial charge is 0.265 e. The van der Waals surface area contributed by atoms with Crippen molar-refractivity contribution < 1.29 is 9.53 Å². The molecule has 1 amide bonds. The number of carbonyl (C=O) groups excluding carboxylic acids is 1. The summed E-state index contributed by atoms with van der Waals surface area (Å²) in [5.41, 5.74) is 0.473. The van der Waals surface area contributed by atoms with Crippen molar-refractivity contribution in [3.05, 3.63) is 58.7 Å². The highest BCUT2D eigenvalue weighted by Gasteiger charge is 2.32. The lowest BCUT2D eigenvalue weighted by atomic mass is 9.89. The summed E-state index contributed by atoms with van der Waals surface area (Å²) < 4.78 is 6.60. The molecule has 4 rings (SSSR count). The summed E-state index contributed by atoms with van der Waals surface area (Å²) in [6.45, 7) is 4.67. The minimum Gasteiger partial charge on any atom is -0.383 e. The van der Waals surface area contributed by atoms with Gasteiger partial charge in [0.25, 0.3) is 5.56 Å². The van der Waals surface area contributed by atoms with Crippen molar-refractivity contribution in [1.82, 2.24) is 19.8 Å². The standard InChI is InChI=1S/C24H28N4O3/c1-16-8-10-28-22(21(16)23(29)25-9-11-27(2)12-13-31-3)26-20-15-18-7-5-4-6-17(18)14-19(20)24(28)30/h4-8,10,14-16,21H,9,11-13H2,1-3H3,(H,25,29). The average Bonchev–Trinajstić information content (AvgIpc) is 2.76. The molecule has 0 spiro atoms. The van der Waals surface area contributed by atoms with Crippen LogP contribution in [0.5, 0.6) is 0 Å². The highest BCUT2D eigenvalue weighted by Crippen LogP contribution is 2.30. The van der Waals surface area contributed by atoms with Crippen LogP contribution < -0.4 is 10.9 Å². The Balaban J connectivity index is 1.64. The van der Waals surface area contributed by atoms with Crippen molar-refractivity contribution in [3.8, 4) is 0 Å². The second kappa shape index (κ2) is 8.99. The molecule has 1 aromatic heterocycles. The second-order valence-electron chi connectivity index (χ2n) is 8.13. The Bertz CT molecular complexity index is 1200. The van der Waals surface area contributed by atoms with Crippen molar-refractivity contribution >= 4 is 33.8 Å². The van der Waals surface area contributed by atoms with E-state index in [2.05, 4.69) is 10.2 Å². The van der Waals surface area contributed by atoms with Crippen LogP contribution in [-0.2, 0) is 9.53 Å². The van der Waals surface area contributed by atoms with E-state index < -0.39 is 5.92 Å². The predicted octanol–water partition coefficient (Wildman–Crippen LogP) is 2.45. The summed E-state index contributed by atoms with van der Waals surface area (Å²) in [7, 11) is 3.66. The van der Waals surface area contributed by atoms with Crippen molar-refractivity contribution in [2.45, 2.75) is 12.8 Å². The SMILES string of the molecule is COCCN(C)CCNC(=O)C1c2nc3cc4ccccc4cc3c(=O)n2C=CC1C. The van der Waals surface area contributed by atoms with E-state index in [0.29, 0.717) is 29.9 Å². The van der Waals surface area contributed by atoms with E-state index in [1.54, 1.807) is 13.3 Å². The summed E-state index contributed by atoms with van der Waals surface area (Å²) in [6.07, 6.45) is 3.64. The number of nitrogens with zero attached hydrogens (tertiary/aromatic N) is 3. The number of benzene rings is 2. The van der Waals surface area contributed by atoms with Gasteiger partial charge in [-0.25, -0.2) is 4.98 Å². The van der Waals surface area contributed by atoms with Crippen LogP contribution in [0, 0.1) is 5.92 Å². The van der Waals surface area contributed by atoms with Gasteiger partial charge >= 0.3 is 0 Å². The number of methoxy groups -OCH3 is 1. The van der Waals surface area contributed by atoms with E-state index in [9.17, 15) is 9.59 Å². The molecular formula is C24H28N4O3. The van der Waals surface area contributed by atoms with Crippen LogP contribution in [0.4, 0.5) is 0 Å². The zero-order valence-corrected chi connectivity index (χ0v) is 18.2. The first kappa shape index (κ1) is 21.2. The number of hydrogen-bond donors (Lipinski definition) is 1. The van der Waals surface area contributed by atoms with Gasteiger partial charge in [0.2, 0.25) is 5.91 Å². The topological polar surface area (TPSA) is 76.5 Å². The van der Waals surface area contributed by atoms with Crippen molar-refractivity contribution in [3.63, 3.8) is 0 Å². The fourth-order valence-corrected chi connectivity index (χ4v) is 4.03. The van der Waals surface area contributed by atoms with Gasteiger partial charge in [0.15, 0.2) is 0 Å². The molecule has 1 aliphatic rings. The predicted molar refractivity (Wildman–Crippen MR) is 123 cm³/mol. The largest absolute Gasteiger partial charge is 0.383 e. The Labute approximate surface area is 181 Å². The minimum atomic E-state index is -0.516. The highest BCUT2D eigenvalue weighted by atomic mass is 16.5. The zero-order chi connectivity index (χ0) is 22.0. The number of carbonyl (C=O) groups is 1. The highest BCUT2D eigenvalue weighted by molar-refractivity contribution is 5.96. The third kappa shape index (κ3) is 4.24. The third-order valence-corrected chi connectivity index (χ3v) is 5.89. The van der Waals surface area contributed by atoms with Crippen LogP contribution in [0.2, 0.25) is 0 Å². The van der Waals surface area contributed by atoms with E-state index >= 15 is 0 Å². The normalized spacial score (nSPS) is 17.9. The van der Waals surface area contributed by atoms with Crippen LogP contribution >= 0.6 is 0 Å². The summed E-state index contributed by atoms with van der Waals surface area (Å²) in [5.74, 6) is -0.195. The number of likely N-dealkylation sites (N-methyl/N-ethyl adjacent to an activating group) is 1. The Morgan fingerprint density at radius 1 is 1.23 bits per heavy atom. The lowest BCUT2D eigenvalue weighted by Crippen LogP contribution is -2.41. The number of aromatic nitrogens is 2. The second-order valence-corrected chi connectivity index (χ2v) is 8.13. The van der Waals surface area contributed by atoms with Crippen LogP contribution in [0.15, 0.2) is 47.3 Å². The maximum Gasteiger partial charge on any atom is 0.265 e. The monoisotopic (exact) mass is 420 g/mol. The number of ether oxygens (including phenoxy) is 1. The van der Waals surface area contributed by atoms with Gasteiger partial charge in [-0.15, -0.1) is 0 Å². The summed E-state index contributed by atoms with van der Waals surface area (Å²) in [5, 5.41) is 5.59. The first-order chi connectivity index (χ1) is 15.0. The van der Waals surface area contributed by atoms with Crippen LogP contribution in [-0.4, -0.2) is 60.8 Å². The minimum absolute atomic E-state index is 0.0592. The Morgan fingerprint density at radius 2 is 1.97 bits per heavy atom. The van der Waals surface area contributed by atoms with Gasteiger partial charge in [0.05, 0.1) is 17.5 Å². The Hall–Kier alpha value is -3.03. The van der Waals surface area contributed by atoms with E-state index in [1.807, 2.05) is 56.4 Å². The van der Waals surface area contributed by atoms with Crippen LogP contribution in [0.1, 0.15) is 18.7 Å². The molecule has 31 heavy (non-hydrogen) atoms. The average molecular weight is 421 g/mol. The maximum atomic E-state index is 13.2. The molecule has 0 radical (unpaired) electrons. The van der Waals surface area contributed by atoms with Gasteiger partial charge in [-0.05, 0) is 35.9 Å². The third-order valence-electron chi connectivity index (χ3n) is 5.89. The van der Waals surface area contributed by atoms with Gasteiger partial charge in [0, 0.05) is 32.9 Å². The van der Waals surface area contributed by atoms with Gasteiger partial charge in [0.1, 0.15) is 11.7 Å². The zero-order valence-electron chi connectivity index (χ0n) is 18.2. The molecule has 0 saturated carbocycles. The van der Waals surface area contributed by atoms with Crippen molar-refractivity contribution in [2.24, 2.45) is 5.92 Å². The molecule has 1 N–H and O–H groups in total. The van der Waals surface area contributed by atoms with E-state index in [4.69, 9.17) is 9.72 Å². The van der Waals surface area contributed by atoms with Crippen LogP contribution in [0.3, 0.4) is 0 Å². The molecule has 3 aromatic rings. The molecule has 162 valence electrons. The first-order valence-electron chi connectivity index (χ1n) is 10.6. The fraction of sp³-hybridized carbons (Fsp3) is 0.375. The summed E-state index contributed by atoms with van der Waals surface area (Å²) in [4.78, 5) is 33.2. The molecule has 7 heteroatoms. The molecule has 2 heterocycles. The summed E-state index contributed by atoms with van der Waals surface area (Å²) in [6, 6.07) is 11.7. The first-order valence-corrected chi connectivity index (χ1v) is 10.6. The quantitative estimate of drug-likeness (QED) is 0.594. The van der Waals surface area contributed by atoms with Crippen molar-refractivity contribution in [2.75, 3.05) is 40.4 Å². The van der Waals surface area contributed by atoms with Crippen LogP contribution in [0.25, 0.3) is 27.9 Å². The number of allylic oxidation sites excluding steroid dienone is 1. The lowest BCUT2D eigenvalue weighted by molar-refractivity contribution is -0.123. The molecule has 0 fully saturated rings. The molecular weight excluding hydrogens is 392 g/mol. The lowest BCUT2D eigenvalue weighted by Gasteiger charge is -2.27. The maximum absolute atomic E-state index is 13.2. The van der Waals surface area contributed by atoms with Gasteiger partial charge in [-0.1, -0.05) is 37.3 Å². The van der Waals surface area contributed by atoms with Gasteiger partial charge in [-0.3, -0.25) is 14.2 Å². The number of fused-ring (bicyclic) bond motifs is 3. The summed E-state index contributed by atoms with van der Waals surface area (Å²) >= 11 is 0. The van der Waals surface area contributed by atoms with Crippen molar-refractivity contribution in [1.29, 1.82) is 0 Å². The number of hydrogen-bond acceptors (Lipinski definition) is 5. The molecule has 2 aromatic carbocycles. The Morgan fingerprint density at radius 3 is 2.71 bits per heavy atom. The van der Waals surface area contributed by atoms with E-state index in [0.717, 1.165) is 23.9 Å². The molecule has 1 aliphatic heterocycles. The molecule has 2 atom stereocenters. The molecule has 0 saturated heterocycles. The molecule has 2 unspecified atom stereocenters. The van der Waals surface area contributed by atoms with Gasteiger partial charge < -0.3 is 15.0 Å². The molecule has 0 bridgehead atoms. The number of rotatable bonds is 7. The van der Waals surface area contributed by atoms with E-state index in [1.165, 1.54) is 4.57 Å². The van der Waals surface area contributed by atoms with E-state index in [-0.39, 0.29) is 17.4 Å². The molecule has 7 nitrogen and oxygen atoms in total. The Kier molecular flexibility index (Phi) is 6.15. The fourth-order valence-electron chi connectivity index (χ4n) is 4.03. The molecule has 0 aliphatic carbocycles. The number of amides is 1. The number of nitrogens with one attached hydrogen (secondary N) is 1. The van der Waals surface area contributed by atoms with Gasteiger partial charge in [-0.2, -0.15) is 0 Å².